The summed E-state index contributed by atoms with van der Waals surface area (Å²) >= 11 is 0. The topological polar surface area (TPSA) is 66.8 Å². The molecule has 2 aromatic carbocycles. The first-order chi connectivity index (χ1) is 7.04. The van der Waals surface area contributed by atoms with Crippen molar-refractivity contribution in [3.8, 4) is 5.75 Å². The Morgan fingerprint density at radius 3 is 2.25 bits per heavy atom. The molecule has 0 aliphatic heterocycles. The predicted molar refractivity (Wildman–Crippen MR) is 63.8 cm³/mol. The SMILES string of the molecule is O=P(O)(O)Oc1ccc2ccccc2c1.[NaH]. The summed E-state index contributed by atoms with van der Waals surface area (Å²) in [7, 11) is -4.47. The van der Waals surface area contributed by atoms with Crippen molar-refractivity contribution in [2.45, 2.75) is 0 Å². The average Bonchev–Trinajstić information content (AvgIpc) is 2.15. The molecule has 0 heterocycles. The fourth-order valence-electron chi connectivity index (χ4n) is 1.36. The average molecular weight is 248 g/mol. The van der Waals surface area contributed by atoms with Gasteiger partial charge in [-0.2, -0.15) is 0 Å². The molecule has 2 N–H and O–H groups in total. The molecule has 2 rings (SSSR count). The molecule has 0 aliphatic carbocycles. The van der Waals surface area contributed by atoms with E-state index >= 15 is 0 Å². The van der Waals surface area contributed by atoms with E-state index in [1.807, 2.05) is 24.3 Å². The molecular formula is C10H10NaO4P. The van der Waals surface area contributed by atoms with Gasteiger partial charge in [-0.15, -0.1) is 0 Å². The molecule has 0 aliphatic rings. The Morgan fingerprint density at radius 2 is 1.62 bits per heavy atom. The summed E-state index contributed by atoms with van der Waals surface area (Å²) in [5.41, 5.74) is 0. The van der Waals surface area contributed by atoms with Crippen molar-refractivity contribution in [3.05, 3.63) is 42.5 Å². The number of hydrogen-bond donors (Lipinski definition) is 2. The van der Waals surface area contributed by atoms with Gasteiger partial charge in [-0.05, 0) is 22.9 Å². The van der Waals surface area contributed by atoms with Crippen molar-refractivity contribution < 1.29 is 18.9 Å². The number of phosphoric acid groups is 1. The monoisotopic (exact) mass is 248 g/mol. The summed E-state index contributed by atoms with van der Waals surface area (Å²) in [6.45, 7) is 0. The molecule has 0 saturated heterocycles. The maximum atomic E-state index is 10.6. The van der Waals surface area contributed by atoms with Crippen molar-refractivity contribution in [3.63, 3.8) is 0 Å². The molecule has 2 aromatic rings. The first-order valence-corrected chi connectivity index (χ1v) is 5.81. The summed E-state index contributed by atoms with van der Waals surface area (Å²) in [6.07, 6.45) is 0. The number of rotatable bonds is 2. The molecule has 6 heteroatoms. The maximum absolute atomic E-state index is 10.6. The molecule has 0 amide bonds. The molecule has 80 valence electrons. The first kappa shape index (κ1) is 13.7. The molecule has 16 heavy (non-hydrogen) atoms. The predicted octanol–water partition coefficient (Wildman–Crippen LogP) is 1.66. The van der Waals surface area contributed by atoms with Gasteiger partial charge in [0.1, 0.15) is 5.75 Å². The van der Waals surface area contributed by atoms with Crippen LogP contribution in [-0.4, -0.2) is 39.3 Å². The third kappa shape index (κ3) is 3.59. The van der Waals surface area contributed by atoms with Gasteiger partial charge in [0, 0.05) is 0 Å². The van der Waals surface area contributed by atoms with E-state index in [0.29, 0.717) is 0 Å². The Bertz CT molecular complexity index is 537. The van der Waals surface area contributed by atoms with Crippen molar-refractivity contribution in [2.24, 2.45) is 0 Å². The normalized spacial score (nSPS) is 10.9. The van der Waals surface area contributed by atoms with Crippen molar-refractivity contribution >= 4 is 48.2 Å². The zero-order chi connectivity index (χ0) is 10.9. The van der Waals surface area contributed by atoms with E-state index in [1.165, 1.54) is 6.07 Å². The third-order valence-electron chi connectivity index (χ3n) is 1.95. The quantitative estimate of drug-likeness (QED) is 0.626. The molecule has 4 nitrogen and oxygen atoms in total. The van der Waals surface area contributed by atoms with Gasteiger partial charge in [-0.3, -0.25) is 9.79 Å². The summed E-state index contributed by atoms with van der Waals surface area (Å²) in [5, 5.41) is 1.87. The second-order valence-electron chi connectivity index (χ2n) is 3.09. The van der Waals surface area contributed by atoms with Crippen LogP contribution >= 0.6 is 7.82 Å². The van der Waals surface area contributed by atoms with E-state index in [0.717, 1.165) is 10.8 Å². The van der Waals surface area contributed by atoms with Gasteiger partial charge in [0.25, 0.3) is 0 Å². The second kappa shape index (κ2) is 5.32. The van der Waals surface area contributed by atoms with Gasteiger partial charge in [0.2, 0.25) is 0 Å². The molecule has 0 unspecified atom stereocenters. The van der Waals surface area contributed by atoms with Gasteiger partial charge < -0.3 is 4.52 Å². The van der Waals surface area contributed by atoms with Gasteiger partial charge >= 0.3 is 37.4 Å². The van der Waals surface area contributed by atoms with Crippen molar-refractivity contribution in [1.82, 2.24) is 0 Å². The van der Waals surface area contributed by atoms with Crippen molar-refractivity contribution in [1.29, 1.82) is 0 Å². The van der Waals surface area contributed by atoms with E-state index in [2.05, 4.69) is 4.52 Å². The second-order valence-corrected chi connectivity index (χ2v) is 4.25. The van der Waals surface area contributed by atoms with Crippen LogP contribution in [-0.2, 0) is 4.57 Å². The van der Waals surface area contributed by atoms with E-state index in [9.17, 15) is 4.57 Å². The Kier molecular flexibility index (Phi) is 4.56. The number of fused-ring (bicyclic) bond motifs is 1. The molecule has 0 fully saturated rings. The van der Waals surface area contributed by atoms with Crippen LogP contribution in [0.1, 0.15) is 0 Å². The van der Waals surface area contributed by atoms with Crippen LogP contribution in [0.25, 0.3) is 10.8 Å². The van der Waals surface area contributed by atoms with Gasteiger partial charge in [0.05, 0.1) is 0 Å². The van der Waals surface area contributed by atoms with E-state index < -0.39 is 7.82 Å². The Hall–Kier alpha value is -0.350. The molecule has 0 atom stereocenters. The van der Waals surface area contributed by atoms with Gasteiger partial charge in [0.15, 0.2) is 0 Å². The third-order valence-corrected chi connectivity index (χ3v) is 2.39. The molecule has 0 spiro atoms. The zero-order valence-corrected chi connectivity index (χ0v) is 8.59. The van der Waals surface area contributed by atoms with Crippen LogP contribution in [0.5, 0.6) is 5.75 Å². The van der Waals surface area contributed by atoms with Crippen LogP contribution < -0.4 is 4.52 Å². The fourth-order valence-corrected chi connectivity index (χ4v) is 1.75. The van der Waals surface area contributed by atoms with E-state index in [4.69, 9.17) is 9.79 Å². The summed E-state index contributed by atoms with van der Waals surface area (Å²) < 4.78 is 15.1. The van der Waals surface area contributed by atoms with Crippen LogP contribution in [0, 0.1) is 0 Å². The molecule has 0 radical (unpaired) electrons. The standard InChI is InChI=1S/C10H9O4P.Na.H/c11-15(12,13)14-10-6-5-8-3-1-2-4-9(8)7-10;;/h1-7H,(H2,11,12,13);;. The Morgan fingerprint density at radius 1 is 1.00 bits per heavy atom. The Balaban J connectivity index is 0.00000128. The number of phosphoric ester groups is 1. The minimum atomic E-state index is -4.47. The Labute approximate surface area is 115 Å². The van der Waals surface area contributed by atoms with Crippen LogP contribution in [0.15, 0.2) is 42.5 Å². The number of benzene rings is 2. The van der Waals surface area contributed by atoms with E-state index in [-0.39, 0.29) is 35.3 Å². The molecular weight excluding hydrogens is 238 g/mol. The first-order valence-electron chi connectivity index (χ1n) is 4.28. The zero-order valence-electron chi connectivity index (χ0n) is 7.70. The van der Waals surface area contributed by atoms with Gasteiger partial charge in [-0.1, -0.05) is 30.3 Å². The molecule has 0 bridgehead atoms. The van der Waals surface area contributed by atoms with Gasteiger partial charge in [-0.25, -0.2) is 4.57 Å². The van der Waals surface area contributed by atoms with Crippen LogP contribution in [0.4, 0.5) is 0 Å². The summed E-state index contributed by atoms with van der Waals surface area (Å²) in [5.74, 6) is 0.169. The molecule has 0 saturated carbocycles. The molecule has 0 aromatic heterocycles. The fraction of sp³-hybridized carbons (Fsp3) is 0. The number of hydrogen-bond acceptors (Lipinski definition) is 2. The summed E-state index contributed by atoms with van der Waals surface area (Å²) in [6, 6.07) is 12.4. The van der Waals surface area contributed by atoms with Crippen molar-refractivity contribution in [2.75, 3.05) is 0 Å². The minimum absolute atomic E-state index is 0. The van der Waals surface area contributed by atoms with Crippen LogP contribution in [0.2, 0.25) is 0 Å². The van der Waals surface area contributed by atoms with Crippen LogP contribution in [0.3, 0.4) is 0 Å². The van der Waals surface area contributed by atoms with E-state index in [1.54, 1.807) is 12.1 Å². The summed E-state index contributed by atoms with van der Waals surface area (Å²) in [4.78, 5) is 17.3.